The van der Waals surface area contributed by atoms with Crippen molar-refractivity contribution in [2.45, 2.75) is 13.0 Å². The summed E-state index contributed by atoms with van der Waals surface area (Å²) in [4.78, 5) is 35.7. The quantitative estimate of drug-likeness (QED) is 0.211. The van der Waals surface area contributed by atoms with Gasteiger partial charge in [0.25, 0.3) is 5.78 Å². The average Bonchev–Trinajstić information content (AvgIpc) is 3.42. The van der Waals surface area contributed by atoms with Crippen LogP contribution < -0.4 is 14.4 Å². The van der Waals surface area contributed by atoms with E-state index in [-0.39, 0.29) is 17.3 Å². The van der Waals surface area contributed by atoms with E-state index in [1.165, 1.54) is 18.1 Å². The van der Waals surface area contributed by atoms with E-state index in [9.17, 15) is 14.7 Å². The molecule has 2 N–H and O–H groups in total. The number of imidazole rings is 1. The summed E-state index contributed by atoms with van der Waals surface area (Å²) in [5, 5.41) is 11.7. The van der Waals surface area contributed by atoms with Crippen LogP contribution in [0, 0.1) is 0 Å². The summed E-state index contributed by atoms with van der Waals surface area (Å²) in [5.74, 6) is -0.884. The number of nitrogens with one attached hydrogen (secondary N) is 1. The number of nitrogens with zero attached hydrogens (tertiary/aromatic N) is 2. The van der Waals surface area contributed by atoms with E-state index >= 15 is 0 Å². The van der Waals surface area contributed by atoms with Gasteiger partial charge in [0.05, 0.1) is 36.4 Å². The number of Topliss-reactive ketones (excluding diaryl/α,β-unsaturated/α-hetero) is 1. The normalized spacial score (nSPS) is 17.1. The smallest absolute Gasteiger partial charge is 0.302 e. The van der Waals surface area contributed by atoms with Gasteiger partial charge in [0, 0.05) is 10.6 Å². The summed E-state index contributed by atoms with van der Waals surface area (Å²) >= 11 is 6.13. The molecule has 1 saturated heterocycles. The van der Waals surface area contributed by atoms with Crippen LogP contribution in [0.1, 0.15) is 24.1 Å². The fraction of sp³-hybridized carbons (Fsp3) is 0.148. The second-order valence-corrected chi connectivity index (χ2v) is 8.54. The van der Waals surface area contributed by atoms with Crippen LogP contribution in [0.4, 0.5) is 5.95 Å². The van der Waals surface area contributed by atoms with Gasteiger partial charge >= 0.3 is 5.91 Å². The Morgan fingerprint density at radius 3 is 2.61 bits per heavy atom. The number of aliphatic hydroxyl groups excluding tert-OH is 1. The number of H-pyrrole nitrogens is 1. The second kappa shape index (κ2) is 9.39. The molecular formula is C27H22ClN3O5. The van der Waals surface area contributed by atoms with E-state index in [0.29, 0.717) is 45.3 Å². The molecular weight excluding hydrogens is 482 g/mol. The molecule has 182 valence electrons. The van der Waals surface area contributed by atoms with Crippen LogP contribution in [-0.2, 0) is 9.59 Å². The molecule has 0 aliphatic carbocycles. The van der Waals surface area contributed by atoms with Crippen molar-refractivity contribution in [3.05, 3.63) is 88.5 Å². The molecule has 36 heavy (non-hydrogen) atoms. The van der Waals surface area contributed by atoms with Gasteiger partial charge in [-0.25, -0.2) is 4.98 Å². The van der Waals surface area contributed by atoms with Crippen LogP contribution in [0.3, 0.4) is 0 Å². The number of ketones is 1. The number of halogens is 1. The number of aromatic amines is 1. The highest BCUT2D eigenvalue weighted by molar-refractivity contribution is 6.51. The number of aliphatic hydroxyl groups is 1. The zero-order chi connectivity index (χ0) is 25.4. The van der Waals surface area contributed by atoms with Crippen molar-refractivity contribution in [2.24, 2.45) is 0 Å². The standard InChI is InChI=1S/C27H22ClN3O5/c1-3-36-21-14-15(11-12-20(21)35-2)23-22(24(32)16-7-6-8-17(28)13-16)25(33)26(34)31(23)27-29-18-9-4-5-10-19(18)30-27/h4-14,23,32H,3H2,1-2H3,(H,29,30)/b24-22+. The number of amides is 1. The van der Waals surface area contributed by atoms with E-state index in [4.69, 9.17) is 21.1 Å². The van der Waals surface area contributed by atoms with Gasteiger partial charge in [0.2, 0.25) is 5.95 Å². The predicted octanol–water partition coefficient (Wildman–Crippen LogP) is 5.25. The van der Waals surface area contributed by atoms with Gasteiger partial charge in [-0.3, -0.25) is 14.5 Å². The van der Waals surface area contributed by atoms with Gasteiger partial charge in [-0.15, -0.1) is 0 Å². The molecule has 8 nitrogen and oxygen atoms in total. The fourth-order valence-corrected chi connectivity index (χ4v) is 4.53. The molecule has 0 saturated carbocycles. The average molecular weight is 504 g/mol. The number of para-hydroxylation sites is 2. The number of ether oxygens (including phenoxy) is 2. The number of carbonyl (C=O) groups excluding carboxylic acids is 2. The van der Waals surface area contributed by atoms with E-state index < -0.39 is 17.7 Å². The minimum atomic E-state index is -0.991. The molecule has 1 aliphatic heterocycles. The zero-order valence-electron chi connectivity index (χ0n) is 19.5. The molecule has 3 aromatic carbocycles. The Hall–Kier alpha value is -4.30. The molecule has 0 radical (unpaired) electrons. The third-order valence-electron chi connectivity index (χ3n) is 5.95. The number of hydrogen-bond acceptors (Lipinski definition) is 6. The van der Waals surface area contributed by atoms with Crippen LogP contribution in [0.15, 0.2) is 72.3 Å². The molecule has 1 amide bonds. The lowest BCUT2D eigenvalue weighted by atomic mass is 9.95. The second-order valence-electron chi connectivity index (χ2n) is 8.10. The van der Waals surface area contributed by atoms with Crippen LogP contribution in [0.5, 0.6) is 11.5 Å². The van der Waals surface area contributed by atoms with E-state index in [1.54, 1.807) is 42.5 Å². The Balaban J connectivity index is 1.75. The topological polar surface area (TPSA) is 105 Å². The number of hydrogen-bond donors (Lipinski definition) is 2. The Morgan fingerprint density at radius 1 is 1.08 bits per heavy atom. The highest BCUT2D eigenvalue weighted by atomic mass is 35.5. The van der Waals surface area contributed by atoms with Crippen LogP contribution >= 0.6 is 11.6 Å². The Kier molecular flexibility index (Phi) is 6.12. The Labute approximate surface area is 211 Å². The summed E-state index contributed by atoms with van der Waals surface area (Å²) < 4.78 is 11.1. The number of methoxy groups -OCH3 is 1. The van der Waals surface area contributed by atoms with Gasteiger partial charge in [0.15, 0.2) is 11.5 Å². The SMILES string of the molecule is CCOc1cc(C2/C(=C(\O)c3cccc(Cl)c3)C(=O)C(=O)N2c2nc3ccccc3[nH]2)ccc1OC. The van der Waals surface area contributed by atoms with E-state index in [1.807, 2.05) is 25.1 Å². The summed E-state index contributed by atoms with van der Waals surface area (Å²) in [7, 11) is 1.52. The third-order valence-corrected chi connectivity index (χ3v) is 6.19. The molecule has 2 heterocycles. The fourth-order valence-electron chi connectivity index (χ4n) is 4.34. The van der Waals surface area contributed by atoms with E-state index in [2.05, 4.69) is 9.97 Å². The highest BCUT2D eigenvalue weighted by Gasteiger charge is 2.48. The monoisotopic (exact) mass is 503 g/mol. The van der Waals surface area contributed by atoms with Gasteiger partial charge in [-0.2, -0.15) is 0 Å². The van der Waals surface area contributed by atoms with Crippen LogP contribution in [0.25, 0.3) is 16.8 Å². The molecule has 1 atom stereocenters. The number of fused-ring (bicyclic) bond motifs is 1. The molecule has 5 rings (SSSR count). The zero-order valence-corrected chi connectivity index (χ0v) is 20.2. The summed E-state index contributed by atoms with van der Waals surface area (Å²) in [6, 6.07) is 17.9. The molecule has 1 aromatic heterocycles. The lowest BCUT2D eigenvalue weighted by Crippen LogP contribution is -2.30. The van der Waals surface area contributed by atoms with Crippen molar-refractivity contribution in [2.75, 3.05) is 18.6 Å². The first-order valence-electron chi connectivity index (χ1n) is 11.2. The van der Waals surface area contributed by atoms with Crippen molar-refractivity contribution in [3.63, 3.8) is 0 Å². The Morgan fingerprint density at radius 2 is 1.89 bits per heavy atom. The Bertz CT molecular complexity index is 1490. The first kappa shape index (κ1) is 23.4. The number of rotatable bonds is 6. The lowest BCUT2D eigenvalue weighted by Gasteiger charge is -2.24. The maximum atomic E-state index is 13.4. The van der Waals surface area contributed by atoms with Crippen LogP contribution in [-0.4, -0.2) is 40.5 Å². The molecule has 0 bridgehead atoms. The van der Waals surface area contributed by atoms with E-state index in [0.717, 1.165) is 0 Å². The highest BCUT2D eigenvalue weighted by Crippen LogP contribution is 2.44. The maximum Gasteiger partial charge on any atom is 0.302 e. The minimum Gasteiger partial charge on any atom is -0.507 e. The number of carbonyl (C=O) groups is 2. The van der Waals surface area contributed by atoms with Gasteiger partial charge < -0.3 is 19.6 Å². The molecule has 1 fully saturated rings. The molecule has 1 aliphatic rings. The number of anilines is 1. The number of aromatic nitrogens is 2. The van der Waals surface area contributed by atoms with Gasteiger partial charge in [-0.1, -0.05) is 41.9 Å². The summed E-state index contributed by atoms with van der Waals surface area (Å²) in [6.45, 7) is 2.22. The molecule has 9 heteroatoms. The molecule has 4 aromatic rings. The lowest BCUT2D eigenvalue weighted by molar-refractivity contribution is -0.132. The van der Waals surface area contributed by atoms with Gasteiger partial charge in [0.1, 0.15) is 5.76 Å². The first-order valence-corrected chi connectivity index (χ1v) is 11.6. The van der Waals surface area contributed by atoms with Gasteiger partial charge in [-0.05, 0) is 48.9 Å². The molecule has 1 unspecified atom stereocenters. The predicted molar refractivity (Wildman–Crippen MR) is 136 cm³/mol. The van der Waals surface area contributed by atoms with Crippen molar-refractivity contribution < 1.29 is 24.2 Å². The number of benzene rings is 3. The largest absolute Gasteiger partial charge is 0.507 e. The maximum absolute atomic E-state index is 13.4. The minimum absolute atomic E-state index is 0.0876. The van der Waals surface area contributed by atoms with Crippen molar-refractivity contribution in [3.8, 4) is 11.5 Å². The van der Waals surface area contributed by atoms with Crippen molar-refractivity contribution in [1.29, 1.82) is 0 Å². The first-order chi connectivity index (χ1) is 17.4. The summed E-state index contributed by atoms with van der Waals surface area (Å²) in [5.41, 5.74) is 2.09. The van der Waals surface area contributed by atoms with Crippen molar-refractivity contribution in [1.82, 2.24) is 9.97 Å². The molecule has 0 spiro atoms. The summed E-state index contributed by atoms with van der Waals surface area (Å²) in [6.07, 6.45) is 0. The van der Waals surface area contributed by atoms with Crippen LogP contribution in [0.2, 0.25) is 5.02 Å². The van der Waals surface area contributed by atoms with Crippen molar-refractivity contribution >= 4 is 46.0 Å². The third kappa shape index (κ3) is 3.95.